The second-order valence-corrected chi connectivity index (χ2v) is 9.75. The Hall–Kier alpha value is -1.73. The molecule has 1 aliphatic heterocycles. The maximum absolute atomic E-state index is 14.0. The first-order chi connectivity index (χ1) is 12.1. The Morgan fingerprint density at radius 2 is 2.12 bits per heavy atom. The molecule has 0 spiro atoms. The molecule has 1 aliphatic carbocycles. The number of carbonyl (C=O) groups is 1. The number of thiazole rings is 1. The largest absolute Gasteiger partial charge is 0.465 e. The number of nitrogens with zero attached hydrogens (tertiary/aromatic N) is 2. The van der Waals surface area contributed by atoms with Crippen molar-refractivity contribution < 1.29 is 19.4 Å². The number of benzene rings is 1. The van der Waals surface area contributed by atoms with Crippen molar-refractivity contribution >= 4 is 27.6 Å². The number of hydrogen-bond donors (Lipinski definition) is 2. The standard InChI is InChI=1S/C19H23FN2O3S/c1-18(2,3)15-11-8-19(25,7-10(11)9-22(15)17(23)24)16-21-14-12(20)5-4-6-13(14)26-16/h4-6,10-11,15,25H,7-9H2,1-3H3,(H,23,24)/t10-,11-,15?,19+/m0/s1. The fourth-order valence-electron chi connectivity index (χ4n) is 4.99. The monoisotopic (exact) mass is 378 g/mol. The average molecular weight is 378 g/mol. The third-order valence-corrected chi connectivity index (χ3v) is 7.07. The quantitative estimate of drug-likeness (QED) is 0.785. The van der Waals surface area contributed by atoms with Gasteiger partial charge in [-0.3, -0.25) is 0 Å². The maximum Gasteiger partial charge on any atom is 0.407 e. The van der Waals surface area contributed by atoms with Crippen molar-refractivity contribution in [2.45, 2.75) is 45.3 Å². The summed E-state index contributed by atoms with van der Waals surface area (Å²) in [6.07, 6.45) is 0.0326. The van der Waals surface area contributed by atoms with Gasteiger partial charge < -0.3 is 15.1 Å². The lowest BCUT2D eigenvalue weighted by Gasteiger charge is -2.37. The molecule has 0 radical (unpaired) electrons. The summed E-state index contributed by atoms with van der Waals surface area (Å²) in [6, 6.07) is 4.68. The summed E-state index contributed by atoms with van der Waals surface area (Å²) in [5.74, 6) is -0.207. The molecule has 5 nitrogen and oxygen atoms in total. The van der Waals surface area contributed by atoms with E-state index in [1.807, 2.05) is 26.8 Å². The molecule has 26 heavy (non-hydrogen) atoms. The van der Waals surface area contributed by atoms with E-state index in [9.17, 15) is 19.4 Å². The number of carboxylic acid groups (broad SMARTS) is 1. The summed E-state index contributed by atoms with van der Waals surface area (Å²) in [4.78, 5) is 17.6. The third kappa shape index (κ3) is 2.60. The third-order valence-electron chi connectivity index (χ3n) is 5.85. The second-order valence-electron chi connectivity index (χ2n) is 8.72. The van der Waals surface area contributed by atoms with Crippen molar-refractivity contribution in [3.63, 3.8) is 0 Å². The van der Waals surface area contributed by atoms with Gasteiger partial charge >= 0.3 is 6.09 Å². The van der Waals surface area contributed by atoms with Gasteiger partial charge in [0.1, 0.15) is 21.9 Å². The summed E-state index contributed by atoms with van der Waals surface area (Å²) in [6.45, 7) is 6.56. The zero-order valence-corrected chi connectivity index (χ0v) is 15.9. The van der Waals surface area contributed by atoms with E-state index in [1.54, 1.807) is 6.07 Å². The van der Waals surface area contributed by atoms with E-state index in [1.165, 1.54) is 22.3 Å². The normalized spacial score (nSPS) is 31.6. The number of likely N-dealkylation sites (tertiary alicyclic amines) is 1. The van der Waals surface area contributed by atoms with Crippen molar-refractivity contribution in [1.29, 1.82) is 0 Å². The lowest BCUT2D eigenvalue weighted by Crippen LogP contribution is -2.46. The van der Waals surface area contributed by atoms with Gasteiger partial charge in [-0.05, 0) is 42.2 Å². The van der Waals surface area contributed by atoms with Crippen LogP contribution in [0.2, 0.25) is 0 Å². The van der Waals surface area contributed by atoms with E-state index in [4.69, 9.17) is 0 Å². The second kappa shape index (κ2) is 5.63. The van der Waals surface area contributed by atoms with Crippen molar-refractivity contribution in [3.05, 3.63) is 29.0 Å². The van der Waals surface area contributed by atoms with Crippen LogP contribution in [-0.4, -0.2) is 38.8 Å². The van der Waals surface area contributed by atoms with E-state index >= 15 is 0 Å². The van der Waals surface area contributed by atoms with Crippen LogP contribution in [0.4, 0.5) is 9.18 Å². The van der Waals surface area contributed by atoms with Crippen LogP contribution < -0.4 is 0 Å². The van der Waals surface area contributed by atoms with Gasteiger partial charge in [0.15, 0.2) is 0 Å². The molecule has 2 fully saturated rings. The SMILES string of the molecule is CC(C)(C)C1[C@H]2C[C@@](O)(c3nc4c(F)cccc4s3)C[C@H]2CN1C(=O)O. The molecule has 1 saturated heterocycles. The van der Waals surface area contributed by atoms with Crippen LogP contribution >= 0.6 is 11.3 Å². The average Bonchev–Trinajstić information content (AvgIpc) is 3.16. The molecule has 4 atom stereocenters. The van der Waals surface area contributed by atoms with Crippen LogP contribution in [0.25, 0.3) is 10.2 Å². The number of fused-ring (bicyclic) bond motifs is 2. The van der Waals surface area contributed by atoms with E-state index in [-0.39, 0.29) is 29.1 Å². The minimum Gasteiger partial charge on any atom is -0.465 e. The Bertz CT molecular complexity index is 877. The lowest BCUT2D eigenvalue weighted by atomic mass is 9.77. The van der Waals surface area contributed by atoms with Crippen LogP contribution in [0.15, 0.2) is 18.2 Å². The zero-order valence-electron chi connectivity index (χ0n) is 15.1. The van der Waals surface area contributed by atoms with Crippen LogP contribution in [0.5, 0.6) is 0 Å². The Morgan fingerprint density at radius 1 is 1.38 bits per heavy atom. The molecule has 2 heterocycles. The van der Waals surface area contributed by atoms with E-state index in [0.29, 0.717) is 29.9 Å². The molecule has 7 heteroatoms. The fraction of sp³-hybridized carbons (Fsp3) is 0.579. The summed E-state index contributed by atoms with van der Waals surface area (Å²) in [7, 11) is 0. The highest BCUT2D eigenvalue weighted by Gasteiger charge is 2.58. The topological polar surface area (TPSA) is 73.7 Å². The Balaban J connectivity index is 1.69. The first-order valence-electron chi connectivity index (χ1n) is 8.88. The van der Waals surface area contributed by atoms with Crippen molar-refractivity contribution in [3.8, 4) is 0 Å². The lowest BCUT2D eigenvalue weighted by molar-refractivity contribution is 0.0171. The Labute approximate surface area is 155 Å². The molecule has 1 aromatic heterocycles. The van der Waals surface area contributed by atoms with Gasteiger partial charge in [-0.2, -0.15) is 0 Å². The van der Waals surface area contributed by atoms with Gasteiger partial charge in [-0.1, -0.05) is 26.8 Å². The van der Waals surface area contributed by atoms with Gasteiger partial charge in [0.05, 0.1) is 4.70 Å². The summed E-state index contributed by atoms with van der Waals surface area (Å²) in [5, 5.41) is 21.5. The summed E-state index contributed by atoms with van der Waals surface area (Å²) >= 11 is 1.33. The highest BCUT2D eigenvalue weighted by molar-refractivity contribution is 7.18. The summed E-state index contributed by atoms with van der Waals surface area (Å²) in [5.41, 5.74) is -1.03. The van der Waals surface area contributed by atoms with Gasteiger partial charge in [-0.15, -0.1) is 11.3 Å². The molecular formula is C19H23FN2O3S. The Morgan fingerprint density at radius 3 is 2.73 bits per heavy atom. The molecular weight excluding hydrogens is 355 g/mol. The minimum absolute atomic E-state index is 0.0768. The molecule has 1 aromatic carbocycles. The Kier molecular flexibility index (Phi) is 3.83. The molecule has 2 N–H and O–H groups in total. The minimum atomic E-state index is -1.11. The number of aromatic nitrogens is 1. The zero-order chi connectivity index (χ0) is 18.9. The molecule has 2 aliphatic rings. The van der Waals surface area contributed by atoms with E-state index in [0.717, 1.165) is 4.70 Å². The molecule has 1 amide bonds. The van der Waals surface area contributed by atoms with Gasteiger partial charge in [0.2, 0.25) is 0 Å². The van der Waals surface area contributed by atoms with Crippen molar-refractivity contribution in [1.82, 2.24) is 9.88 Å². The van der Waals surface area contributed by atoms with Crippen LogP contribution in [0, 0.1) is 23.1 Å². The van der Waals surface area contributed by atoms with Crippen molar-refractivity contribution in [2.24, 2.45) is 17.3 Å². The molecule has 0 bridgehead atoms. The smallest absolute Gasteiger partial charge is 0.407 e. The van der Waals surface area contributed by atoms with Crippen LogP contribution in [0.3, 0.4) is 0 Å². The number of hydrogen-bond acceptors (Lipinski definition) is 4. The number of rotatable bonds is 1. The molecule has 140 valence electrons. The predicted octanol–water partition coefficient (Wildman–Crippen LogP) is 4.06. The van der Waals surface area contributed by atoms with Crippen LogP contribution in [-0.2, 0) is 5.60 Å². The number of amides is 1. The summed E-state index contributed by atoms with van der Waals surface area (Å²) < 4.78 is 14.7. The molecule has 4 rings (SSSR count). The number of halogens is 1. The maximum atomic E-state index is 14.0. The van der Waals surface area contributed by atoms with Crippen LogP contribution in [0.1, 0.15) is 38.6 Å². The molecule has 1 unspecified atom stereocenters. The van der Waals surface area contributed by atoms with Gasteiger partial charge in [-0.25, -0.2) is 14.2 Å². The predicted molar refractivity (Wildman–Crippen MR) is 97.7 cm³/mol. The van der Waals surface area contributed by atoms with E-state index < -0.39 is 11.7 Å². The molecule has 1 saturated carbocycles. The highest BCUT2D eigenvalue weighted by atomic mass is 32.1. The van der Waals surface area contributed by atoms with E-state index in [2.05, 4.69) is 4.98 Å². The number of aliphatic hydroxyl groups is 1. The van der Waals surface area contributed by atoms with Gasteiger partial charge in [0, 0.05) is 12.6 Å². The first kappa shape index (κ1) is 17.7. The number of para-hydroxylation sites is 1. The first-order valence-corrected chi connectivity index (χ1v) is 9.69. The van der Waals surface area contributed by atoms with Crippen molar-refractivity contribution in [2.75, 3.05) is 6.54 Å². The fourth-order valence-corrected chi connectivity index (χ4v) is 6.08. The molecule has 2 aromatic rings. The van der Waals surface area contributed by atoms with Gasteiger partial charge in [0.25, 0.3) is 0 Å². The highest BCUT2D eigenvalue weighted by Crippen LogP contribution is 2.55.